The molecule has 1 amide bonds. The first-order valence-corrected chi connectivity index (χ1v) is 12.8. The fraction of sp³-hybridized carbons (Fsp3) is 0.250. The maximum absolute atomic E-state index is 13.2. The third-order valence-corrected chi connectivity index (χ3v) is 7.21. The SMILES string of the molecule is COc1ccc(-c2nnc(SCC(=O)N3CCc4ccccc43)n2-c2ccccc2C(C)C)cc1. The molecule has 0 spiro atoms. The molecule has 1 aromatic heterocycles. The lowest BCUT2D eigenvalue weighted by molar-refractivity contribution is -0.116. The number of amides is 1. The number of thioether (sulfide) groups is 1. The average molecular weight is 485 g/mol. The maximum Gasteiger partial charge on any atom is 0.237 e. The maximum atomic E-state index is 13.2. The Morgan fingerprint density at radius 2 is 1.69 bits per heavy atom. The summed E-state index contributed by atoms with van der Waals surface area (Å²) in [7, 11) is 1.65. The molecule has 35 heavy (non-hydrogen) atoms. The molecule has 1 aliphatic heterocycles. The number of para-hydroxylation sites is 2. The Labute approximate surface area is 210 Å². The van der Waals surface area contributed by atoms with E-state index in [-0.39, 0.29) is 5.91 Å². The highest BCUT2D eigenvalue weighted by Gasteiger charge is 2.26. The van der Waals surface area contributed by atoms with E-state index >= 15 is 0 Å². The number of hydrogen-bond donors (Lipinski definition) is 0. The van der Waals surface area contributed by atoms with Gasteiger partial charge in [0.05, 0.1) is 18.6 Å². The number of benzene rings is 3. The van der Waals surface area contributed by atoms with Gasteiger partial charge in [0.1, 0.15) is 5.75 Å². The zero-order chi connectivity index (χ0) is 24.4. The Balaban J connectivity index is 1.49. The van der Waals surface area contributed by atoms with Crippen molar-refractivity contribution in [3.05, 3.63) is 83.9 Å². The van der Waals surface area contributed by atoms with E-state index in [0.29, 0.717) is 16.8 Å². The second-order valence-electron chi connectivity index (χ2n) is 8.80. The van der Waals surface area contributed by atoms with Crippen molar-refractivity contribution in [2.75, 3.05) is 24.3 Å². The first-order chi connectivity index (χ1) is 17.1. The molecular formula is C28H28N4O2S. The number of methoxy groups -OCH3 is 1. The van der Waals surface area contributed by atoms with Crippen LogP contribution >= 0.6 is 11.8 Å². The van der Waals surface area contributed by atoms with Crippen molar-refractivity contribution in [3.63, 3.8) is 0 Å². The fourth-order valence-corrected chi connectivity index (χ4v) is 5.31. The van der Waals surface area contributed by atoms with Crippen molar-refractivity contribution >= 4 is 23.4 Å². The number of carbonyl (C=O) groups is 1. The van der Waals surface area contributed by atoms with E-state index in [9.17, 15) is 4.79 Å². The third kappa shape index (κ3) is 4.56. The molecule has 6 nitrogen and oxygen atoms in total. The van der Waals surface area contributed by atoms with Gasteiger partial charge >= 0.3 is 0 Å². The van der Waals surface area contributed by atoms with Crippen LogP contribution in [0.25, 0.3) is 17.1 Å². The van der Waals surface area contributed by atoms with Gasteiger partial charge in [-0.15, -0.1) is 10.2 Å². The lowest BCUT2D eigenvalue weighted by Crippen LogP contribution is -2.30. The molecule has 0 aliphatic carbocycles. The molecular weight excluding hydrogens is 456 g/mol. The van der Waals surface area contributed by atoms with E-state index in [1.165, 1.54) is 22.9 Å². The van der Waals surface area contributed by atoms with Gasteiger partial charge < -0.3 is 9.64 Å². The lowest BCUT2D eigenvalue weighted by atomic mass is 10.0. The summed E-state index contributed by atoms with van der Waals surface area (Å²) in [6.45, 7) is 5.08. The zero-order valence-corrected chi connectivity index (χ0v) is 21.0. The zero-order valence-electron chi connectivity index (χ0n) is 20.1. The molecule has 0 atom stereocenters. The topological polar surface area (TPSA) is 60.3 Å². The summed E-state index contributed by atoms with van der Waals surface area (Å²) < 4.78 is 7.40. The number of fused-ring (bicyclic) bond motifs is 1. The molecule has 3 aromatic carbocycles. The minimum atomic E-state index is 0.0812. The molecule has 0 saturated carbocycles. The van der Waals surface area contributed by atoms with Gasteiger partial charge in [0, 0.05) is 17.8 Å². The van der Waals surface area contributed by atoms with Crippen LogP contribution in [0.3, 0.4) is 0 Å². The van der Waals surface area contributed by atoms with E-state index in [2.05, 4.69) is 52.9 Å². The Bertz CT molecular complexity index is 1350. The Morgan fingerprint density at radius 1 is 0.971 bits per heavy atom. The van der Waals surface area contributed by atoms with Crippen LogP contribution in [0.2, 0.25) is 0 Å². The second kappa shape index (κ2) is 9.96. The van der Waals surface area contributed by atoms with Crippen molar-refractivity contribution in [1.82, 2.24) is 14.8 Å². The van der Waals surface area contributed by atoms with Gasteiger partial charge in [0.15, 0.2) is 11.0 Å². The predicted octanol–water partition coefficient (Wildman–Crippen LogP) is 5.75. The summed E-state index contributed by atoms with van der Waals surface area (Å²) in [5.74, 6) is 2.21. The quantitative estimate of drug-likeness (QED) is 0.313. The Kier molecular flexibility index (Phi) is 6.59. The van der Waals surface area contributed by atoms with Gasteiger partial charge in [0.2, 0.25) is 5.91 Å². The fourth-order valence-electron chi connectivity index (χ4n) is 4.49. The monoisotopic (exact) mass is 484 g/mol. The molecule has 0 saturated heterocycles. The largest absolute Gasteiger partial charge is 0.497 e. The van der Waals surface area contributed by atoms with Gasteiger partial charge in [-0.05, 0) is 59.9 Å². The summed E-state index contributed by atoms with van der Waals surface area (Å²) in [6, 6.07) is 24.2. The van der Waals surface area contributed by atoms with Crippen molar-refractivity contribution in [2.24, 2.45) is 0 Å². The minimum Gasteiger partial charge on any atom is -0.497 e. The summed E-state index contributed by atoms with van der Waals surface area (Å²) in [5.41, 5.74) is 5.40. The van der Waals surface area contributed by atoms with Crippen LogP contribution in [0.5, 0.6) is 5.75 Å². The van der Waals surface area contributed by atoms with Crippen LogP contribution in [-0.2, 0) is 11.2 Å². The van der Waals surface area contributed by atoms with Gasteiger partial charge in [-0.3, -0.25) is 9.36 Å². The van der Waals surface area contributed by atoms with Gasteiger partial charge in [-0.1, -0.05) is 62.0 Å². The summed E-state index contributed by atoms with van der Waals surface area (Å²) in [6.07, 6.45) is 0.895. The molecule has 0 radical (unpaired) electrons. The predicted molar refractivity (Wildman–Crippen MR) is 141 cm³/mol. The molecule has 0 bridgehead atoms. The summed E-state index contributed by atoms with van der Waals surface area (Å²) in [4.78, 5) is 15.1. The molecule has 0 N–H and O–H groups in total. The van der Waals surface area contributed by atoms with E-state index in [1.54, 1.807) is 7.11 Å². The van der Waals surface area contributed by atoms with Crippen molar-refractivity contribution in [3.8, 4) is 22.8 Å². The smallest absolute Gasteiger partial charge is 0.237 e. The highest BCUT2D eigenvalue weighted by Crippen LogP contribution is 2.34. The van der Waals surface area contributed by atoms with E-state index in [1.807, 2.05) is 53.4 Å². The van der Waals surface area contributed by atoms with E-state index < -0.39 is 0 Å². The van der Waals surface area contributed by atoms with E-state index in [4.69, 9.17) is 4.74 Å². The molecule has 0 fully saturated rings. The minimum absolute atomic E-state index is 0.0812. The van der Waals surface area contributed by atoms with Gasteiger partial charge in [-0.2, -0.15) is 0 Å². The molecule has 1 aliphatic rings. The average Bonchev–Trinajstić information content (AvgIpc) is 3.52. The number of rotatable bonds is 7. The number of hydrogen-bond acceptors (Lipinski definition) is 5. The van der Waals surface area contributed by atoms with Gasteiger partial charge in [0.25, 0.3) is 0 Å². The second-order valence-corrected chi connectivity index (χ2v) is 9.74. The van der Waals surface area contributed by atoms with Crippen LogP contribution in [-0.4, -0.2) is 40.1 Å². The first kappa shape index (κ1) is 23.2. The number of nitrogens with zero attached hydrogens (tertiary/aromatic N) is 4. The molecule has 178 valence electrons. The third-order valence-electron chi connectivity index (χ3n) is 6.29. The Hall–Kier alpha value is -3.58. The number of ether oxygens (including phenoxy) is 1. The van der Waals surface area contributed by atoms with Gasteiger partial charge in [-0.25, -0.2) is 0 Å². The highest BCUT2D eigenvalue weighted by atomic mass is 32.2. The number of anilines is 1. The van der Waals surface area contributed by atoms with E-state index in [0.717, 1.165) is 41.5 Å². The van der Waals surface area contributed by atoms with Crippen molar-refractivity contribution in [1.29, 1.82) is 0 Å². The van der Waals surface area contributed by atoms with Crippen molar-refractivity contribution < 1.29 is 9.53 Å². The standard InChI is InChI=1S/C28H28N4O2S/c1-19(2)23-9-5-7-11-25(23)32-27(21-12-14-22(34-3)15-13-21)29-30-28(32)35-18-26(33)31-17-16-20-8-4-6-10-24(20)31/h4-15,19H,16-18H2,1-3H3. The normalized spacial score (nSPS) is 12.7. The Morgan fingerprint density at radius 3 is 2.43 bits per heavy atom. The molecule has 5 rings (SSSR count). The summed E-state index contributed by atoms with van der Waals surface area (Å²) >= 11 is 1.43. The van der Waals surface area contributed by atoms with Crippen LogP contribution in [0.1, 0.15) is 30.9 Å². The number of aromatic nitrogens is 3. The van der Waals surface area contributed by atoms with Crippen LogP contribution in [0.15, 0.2) is 78.0 Å². The highest BCUT2D eigenvalue weighted by molar-refractivity contribution is 7.99. The van der Waals surface area contributed by atoms with Crippen LogP contribution in [0.4, 0.5) is 5.69 Å². The summed E-state index contributed by atoms with van der Waals surface area (Å²) in [5, 5.41) is 9.78. The molecule has 7 heteroatoms. The van der Waals surface area contributed by atoms with Crippen LogP contribution < -0.4 is 9.64 Å². The molecule has 0 unspecified atom stereocenters. The first-order valence-electron chi connectivity index (χ1n) is 11.8. The van der Waals surface area contributed by atoms with Crippen molar-refractivity contribution in [2.45, 2.75) is 31.3 Å². The lowest BCUT2D eigenvalue weighted by Gasteiger charge is -2.18. The molecule has 2 heterocycles. The number of carbonyl (C=O) groups excluding carboxylic acids is 1. The van der Waals surface area contributed by atoms with Crippen LogP contribution in [0, 0.1) is 0 Å². The molecule has 4 aromatic rings.